The Balaban J connectivity index is 2.38. The molecule has 3 nitrogen and oxygen atoms in total. The van der Waals surface area contributed by atoms with E-state index in [-0.39, 0.29) is 0 Å². The first-order valence-electron chi connectivity index (χ1n) is 4.07. The molecule has 0 saturated carbocycles. The minimum atomic E-state index is -0.977. The highest BCUT2D eigenvalue weighted by atomic mass is 16.5. The first kappa shape index (κ1) is 10.1. The molecule has 0 aromatic heterocycles. The van der Waals surface area contributed by atoms with Gasteiger partial charge in [-0.2, -0.15) is 0 Å². The van der Waals surface area contributed by atoms with Crippen LogP contribution in [-0.4, -0.2) is 11.1 Å². The molecule has 0 aliphatic heterocycles. The molecular formula is C11H10O3. The molecule has 0 aliphatic rings. The van der Waals surface area contributed by atoms with Gasteiger partial charge in [0, 0.05) is 6.08 Å². The summed E-state index contributed by atoms with van der Waals surface area (Å²) >= 11 is 0. The SMILES string of the molecule is O=C(O)/C=C/C=COc1ccccc1. The van der Waals surface area contributed by atoms with Crippen LogP contribution in [0, 0.1) is 0 Å². The van der Waals surface area contributed by atoms with E-state index in [9.17, 15) is 4.79 Å². The van der Waals surface area contributed by atoms with Gasteiger partial charge in [-0.15, -0.1) is 0 Å². The summed E-state index contributed by atoms with van der Waals surface area (Å²) in [6.45, 7) is 0. The number of allylic oxidation sites excluding steroid dienone is 2. The Kier molecular flexibility index (Phi) is 4.01. The number of para-hydroxylation sites is 1. The van der Waals surface area contributed by atoms with Gasteiger partial charge in [-0.05, 0) is 18.2 Å². The number of hydrogen-bond donors (Lipinski definition) is 1. The smallest absolute Gasteiger partial charge is 0.328 e. The number of rotatable bonds is 4. The van der Waals surface area contributed by atoms with E-state index >= 15 is 0 Å². The number of ether oxygens (including phenoxy) is 1. The molecule has 1 N–H and O–H groups in total. The summed E-state index contributed by atoms with van der Waals surface area (Å²) in [6, 6.07) is 9.23. The first-order valence-corrected chi connectivity index (χ1v) is 4.07. The quantitative estimate of drug-likeness (QED) is 0.450. The molecule has 14 heavy (non-hydrogen) atoms. The zero-order valence-corrected chi connectivity index (χ0v) is 7.46. The Labute approximate surface area is 81.9 Å². The molecule has 1 rings (SSSR count). The van der Waals surface area contributed by atoms with E-state index in [1.165, 1.54) is 18.4 Å². The number of carboxylic acids is 1. The van der Waals surface area contributed by atoms with Crippen molar-refractivity contribution in [3.05, 3.63) is 54.8 Å². The van der Waals surface area contributed by atoms with Gasteiger partial charge in [0.2, 0.25) is 0 Å². The van der Waals surface area contributed by atoms with Gasteiger partial charge in [0.15, 0.2) is 0 Å². The van der Waals surface area contributed by atoms with Crippen molar-refractivity contribution in [3.63, 3.8) is 0 Å². The van der Waals surface area contributed by atoms with Crippen LogP contribution in [0.3, 0.4) is 0 Å². The average molecular weight is 190 g/mol. The Bertz CT molecular complexity index is 339. The maximum absolute atomic E-state index is 10.1. The third-order valence-corrected chi connectivity index (χ3v) is 1.38. The maximum atomic E-state index is 10.1. The molecule has 0 spiro atoms. The summed E-state index contributed by atoms with van der Waals surface area (Å²) in [5, 5.41) is 8.27. The van der Waals surface area contributed by atoms with Gasteiger partial charge in [0.1, 0.15) is 5.75 Å². The van der Waals surface area contributed by atoms with Gasteiger partial charge in [-0.3, -0.25) is 0 Å². The largest absolute Gasteiger partial charge is 0.478 e. The topological polar surface area (TPSA) is 46.5 Å². The van der Waals surface area contributed by atoms with E-state index in [1.807, 2.05) is 30.3 Å². The van der Waals surface area contributed by atoms with E-state index in [0.717, 1.165) is 6.08 Å². The third-order valence-electron chi connectivity index (χ3n) is 1.38. The molecule has 0 saturated heterocycles. The molecule has 0 aliphatic carbocycles. The third kappa shape index (κ3) is 4.11. The number of hydrogen-bond acceptors (Lipinski definition) is 2. The molecule has 0 unspecified atom stereocenters. The second kappa shape index (κ2) is 5.59. The van der Waals surface area contributed by atoms with E-state index in [0.29, 0.717) is 5.75 Å². The van der Waals surface area contributed by atoms with E-state index in [4.69, 9.17) is 9.84 Å². The molecule has 0 amide bonds. The van der Waals surface area contributed by atoms with Gasteiger partial charge in [0.25, 0.3) is 0 Å². The predicted octanol–water partition coefficient (Wildman–Crippen LogP) is 2.22. The lowest BCUT2D eigenvalue weighted by molar-refractivity contribution is -0.131. The van der Waals surface area contributed by atoms with Crippen LogP contribution < -0.4 is 4.74 Å². The monoisotopic (exact) mass is 190 g/mol. The second-order valence-corrected chi connectivity index (χ2v) is 2.46. The number of carboxylic acid groups (broad SMARTS) is 1. The van der Waals surface area contributed by atoms with Crippen LogP contribution in [0.15, 0.2) is 54.8 Å². The van der Waals surface area contributed by atoms with Crippen LogP contribution in [0.25, 0.3) is 0 Å². The van der Waals surface area contributed by atoms with Crippen LogP contribution in [-0.2, 0) is 4.79 Å². The van der Waals surface area contributed by atoms with Gasteiger partial charge in [-0.1, -0.05) is 24.3 Å². The van der Waals surface area contributed by atoms with Crippen LogP contribution in [0.4, 0.5) is 0 Å². The van der Waals surface area contributed by atoms with Crippen LogP contribution >= 0.6 is 0 Å². The number of benzene rings is 1. The Morgan fingerprint density at radius 2 is 1.93 bits per heavy atom. The second-order valence-electron chi connectivity index (χ2n) is 2.46. The predicted molar refractivity (Wildman–Crippen MR) is 53.0 cm³/mol. The van der Waals surface area contributed by atoms with Crippen molar-refractivity contribution in [1.29, 1.82) is 0 Å². The van der Waals surface area contributed by atoms with Crippen LogP contribution in [0.5, 0.6) is 5.75 Å². The molecule has 0 bridgehead atoms. The van der Waals surface area contributed by atoms with Crippen molar-refractivity contribution in [2.75, 3.05) is 0 Å². The van der Waals surface area contributed by atoms with Crippen molar-refractivity contribution in [2.24, 2.45) is 0 Å². The fraction of sp³-hybridized carbons (Fsp3) is 0. The molecule has 1 aromatic rings. The summed E-state index contributed by atoms with van der Waals surface area (Å²) < 4.78 is 5.16. The average Bonchev–Trinajstić information content (AvgIpc) is 2.18. The zero-order chi connectivity index (χ0) is 10.2. The zero-order valence-electron chi connectivity index (χ0n) is 7.46. The van der Waals surface area contributed by atoms with Crippen molar-refractivity contribution in [2.45, 2.75) is 0 Å². The number of carbonyl (C=O) groups is 1. The molecular weight excluding hydrogens is 180 g/mol. The maximum Gasteiger partial charge on any atom is 0.328 e. The van der Waals surface area contributed by atoms with E-state index in [2.05, 4.69) is 0 Å². The van der Waals surface area contributed by atoms with Gasteiger partial charge >= 0.3 is 5.97 Å². The molecule has 0 radical (unpaired) electrons. The Morgan fingerprint density at radius 3 is 2.57 bits per heavy atom. The first-order chi connectivity index (χ1) is 6.79. The highest BCUT2D eigenvalue weighted by molar-refractivity contribution is 5.80. The number of aliphatic carboxylic acids is 1. The summed E-state index contributed by atoms with van der Waals surface area (Å²) in [5.41, 5.74) is 0. The highest BCUT2D eigenvalue weighted by Crippen LogP contribution is 2.07. The molecule has 0 atom stereocenters. The van der Waals surface area contributed by atoms with Gasteiger partial charge in [0.05, 0.1) is 6.26 Å². The Morgan fingerprint density at radius 1 is 1.21 bits per heavy atom. The lowest BCUT2D eigenvalue weighted by atomic mass is 10.3. The van der Waals surface area contributed by atoms with Crippen molar-refractivity contribution in [1.82, 2.24) is 0 Å². The van der Waals surface area contributed by atoms with E-state index in [1.54, 1.807) is 0 Å². The van der Waals surface area contributed by atoms with E-state index < -0.39 is 5.97 Å². The fourth-order valence-corrected chi connectivity index (χ4v) is 0.800. The fourth-order valence-electron chi connectivity index (χ4n) is 0.800. The summed E-state index contributed by atoms with van der Waals surface area (Å²) in [5.74, 6) is -0.262. The standard InChI is InChI=1S/C11H10O3/c12-11(13)8-4-5-9-14-10-6-2-1-3-7-10/h1-9H,(H,12,13)/b8-4+,9-5?. The van der Waals surface area contributed by atoms with Crippen molar-refractivity contribution < 1.29 is 14.6 Å². The van der Waals surface area contributed by atoms with Crippen LogP contribution in [0.1, 0.15) is 0 Å². The van der Waals surface area contributed by atoms with Crippen LogP contribution in [0.2, 0.25) is 0 Å². The summed E-state index contributed by atoms with van der Waals surface area (Å²) in [7, 11) is 0. The minimum absolute atomic E-state index is 0.715. The summed E-state index contributed by atoms with van der Waals surface area (Å²) in [4.78, 5) is 10.1. The summed E-state index contributed by atoms with van der Waals surface area (Å²) in [6.07, 6.45) is 5.37. The highest BCUT2D eigenvalue weighted by Gasteiger charge is 1.84. The molecule has 0 heterocycles. The molecule has 0 fully saturated rings. The normalized spacial score (nSPS) is 10.9. The van der Waals surface area contributed by atoms with Gasteiger partial charge < -0.3 is 9.84 Å². The molecule has 3 heteroatoms. The lowest BCUT2D eigenvalue weighted by Gasteiger charge is -1.96. The minimum Gasteiger partial charge on any atom is -0.478 e. The van der Waals surface area contributed by atoms with Crippen molar-refractivity contribution >= 4 is 5.97 Å². The Hall–Kier alpha value is -2.03. The molecule has 1 aromatic carbocycles. The van der Waals surface area contributed by atoms with Crippen molar-refractivity contribution in [3.8, 4) is 5.75 Å². The lowest BCUT2D eigenvalue weighted by Crippen LogP contribution is -1.84. The molecule has 72 valence electrons. The van der Waals surface area contributed by atoms with Gasteiger partial charge in [-0.25, -0.2) is 4.79 Å².